The van der Waals surface area contributed by atoms with E-state index in [0.717, 1.165) is 26.2 Å². The number of rotatable bonds is 3. The van der Waals surface area contributed by atoms with E-state index in [2.05, 4.69) is 17.2 Å². The molecule has 0 aliphatic carbocycles. The van der Waals surface area contributed by atoms with Crippen LogP contribution in [0.4, 0.5) is 0 Å². The van der Waals surface area contributed by atoms with Gasteiger partial charge in [0.25, 0.3) is 0 Å². The minimum Gasteiger partial charge on any atom is -0.389 e. The maximum atomic E-state index is 5.41. The lowest BCUT2D eigenvalue weighted by molar-refractivity contribution is 0.0312. The quantitative estimate of drug-likeness (QED) is 0.568. The van der Waals surface area contributed by atoms with E-state index in [-0.39, 0.29) is 0 Å². The van der Waals surface area contributed by atoms with Gasteiger partial charge in [-0.3, -0.25) is 0 Å². The first-order valence-corrected chi connectivity index (χ1v) is 3.60. The van der Waals surface area contributed by atoms with Crippen molar-refractivity contribution in [3.8, 4) is 0 Å². The average Bonchev–Trinajstić information content (AvgIpc) is 2.03. The molecule has 0 spiro atoms. The molecule has 0 saturated carbocycles. The third-order valence-corrected chi connectivity index (χ3v) is 1.49. The predicted octanol–water partition coefficient (Wildman–Crippen LogP) is -0.292. The topological polar surface area (TPSA) is 33.3 Å². The first kappa shape index (κ1) is 7.57. The molecular weight excluding hydrogens is 128 g/mol. The smallest absolute Gasteiger partial charge is 0.0871 e. The Hall–Kier alpha value is -0.540. The number of nitrogens with one attached hydrogen (secondary N) is 2. The van der Waals surface area contributed by atoms with Crippen molar-refractivity contribution in [2.24, 2.45) is 0 Å². The van der Waals surface area contributed by atoms with E-state index in [9.17, 15) is 0 Å². The summed E-state index contributed by atoms with van der Waals surface area (Å²) in [6.07, 6.45) is 2.00. The Morgan fingerprint density at radius 1 is 1.80 bits per heavy atom. The Morgan fingerprint density at radius 3 is 3.30 bits per heavy atom. The van der Waals surface area contributed by atoms with E-state index in [0.29, 0.717) is 6.10 Å². The fourth-order valence-electron chi connectivity index (χ4n) is 0.966. The largest absolute Gasteiger partial charge is 0.389 e. The highest BCUT2D eigenvalue weighted by Gasteiger charge is 2.10. The van der Waals surface area contributed by atoms with Crippen molar-refractivity contribution in [2.75, 3.05) is 26.2 Å². The summed E-state index contributed by atoms with van der Waals surface area (Å²) in [6, 6.07) is 0. The lowest BCUT2D eigenvalue weighted by atomic mass is 10.3. The minimum absolute atomic E-state index is 0.312. The van der Waals surface area contributed by atoms with Crippen LogP contribution in [0.3, 0.4) is 0 Å². The summed E-state index contributed by atoms with van der Waals surface area (Å²) in [5.41, 5.74) is 0. The minimum atomic E-state index is 0.312. The van der Waals surface area contributed by atoms with Crippen LogP contribution in [0.15, 0.2) is 12.8 Å². The van der Waals surface area contributed by atoms with Crippen LogP contribution in [0.25, 0.3) is 0 Å². The van der Waals surface area contributed by atoms with Gasteiger partial charge in [-0.15, -0.1) is 0 Å². The zero-order chi connectivity index (χ0) is 7.23. The zero-order valence-corrected chi connectivity index (χ0v) is 6.10. The molecule has 58 valence electrons. The van der Waals surface area contributed by atoms with Crippen LogP contribution in [0.5, 0.6) is 0 Å². The fourth-order valence-corrected chi connectivity index (χ4v) is 0.966. The number of morpholine rings is 1. The van der Waals surface area contributed by atoms with Crippen molar-refractivity contribution in [3.63, 3.8) is 0 Å². The normalized spacial score (nSPS) is 25.8. The molecule has 2 N–H and O–H groups in total. The fraction of sp³-hybridized carbons (Fsp3) is 0.714. The number of hydrogen-bond donors (Lipinski definition) is 2. The predicted molar refractivity (Wildman–Crippen MR) is 40.8 cm³/mol. The molecule has 1 atom stereocenters. The van der Waals surface area contributed by atoms with E-state index in [1.807, 2.05) is 0 Å². The molecule has 1 aliphatic heterocycles. The molecular formula is C7H14N2O. The van der Waals surface area contributed by atoms with Gasteiger partial charge in [-0.2, -0.15) is 0 Å². The molecule has 1 rings (SSSR count). The van der Waals surface area contributed by atoms with E-state index in [4.69, 9.17) is 4.74 Å². The SMILES string of the molecule is C=CNCC1CNCCO1. The Bertz CT molecular complexity index is 99.8. The van der Waals surface area contributed by atoms with Gasteiger partial charge in [-0.05, 0) is 6.20 Å². The van der Waals surface area contributed by atoms with Gasteiger partial charge in [-0.25, -0.2) is 0 Å². The first-order valence-electron chi connectivity index (χ1n) is 3.60. The molecule has 10 heavy (non-hydrogen) atoms. The zero-order valence-electron chi connectivity index (χ0n) is 6.10. The van der Waals surface area contributed by atoms with Crippen LogP contribution in [-0.2, 0) is 4.74 Å². The molecule has 0 radical (unpaired) electrons. The Kier molecular flexibility index (Phi) is 3.26. The van der Waals surface area contributed by atoms with Crippen LogP contribution >= 0.6 is 0 Å². The van der Waals surface area contributed by atoms with Crippen LogP contribution in [0.2, 0.25) is 0 Å². The van der Waals surface area contributed by atoms with E-state index in [1.54, 1.807) is 6.20 Å². The lowest BCUT2D eigenvalue weighted by Gasteiger charge is -2.23. The standard InChI is InChI=1S/C7H14N2O/c1-2-8-5-7-6-9-3-4-10-7/h2,7-9H,1,3-6H2. The van der Waals surface area contributed by atoms with Crippen molar-refractivity contribution in [1.82, 2.24) is 10.6 Å². The molecule has 1 fully saturated rings. The van der Waals surface area contributed by atoms with Crippen LogP contribution in [0.1, 0.15) is 0 Å². The second kappa shape index (κ2) is 4.30. The van der Waals surface area contributed by atoms with Gasteiger partial charge in [0.05, 0.1) is 12.7 Å². The third-order valence-electron chi connectivity index (χ3n) is 1.49. The summed E-state index contributed by atoms with van der Waals surface area (Å²) >= 11 is 0. The summed E-state index contributed by atoms with van der Waals surface area (Å²) in [4.78, 5) is 0. The molecule has 0 amide bonds. The van der Waals surface area contributed by atoms with E-state index >= 15 is 0 Å². The van der Waals surface area contributed by atoms with Gasteiger partial charge in [-0.1, -0.05) is 6.58 Å². The molecule has 3 nitrogen and oxygen atoms in total. The van der Waals surface area contributed by atoms with Crippen molar-refractivity contribution in [2.45, 2.75) is 6.10 Å². The first-order chi connectivity index (χ1) is 4.93. The molecule has 1 heterocycles. The number of ether oxygens (including phenoxy) is 1. The monoisotopic (exact) mass is 142 g/mol. The highest BCUT2D eigenvalue weighted by molar-refractivity contribution is 4.73. The van der Waals surface area contributed by atoms with Gasteiger partial charge in [0.2, 0.25) is 0 Å². The van der Waals surface area contributed by atoms with Crippen molar-refractivity contribution >= 4 is 0 Å². The molecule has 0 aromatic heterocycles. The second-order valence-corrected chi connectivity index (χ2v) is 2.31. The average molecular weight is 142 g/mol. The number of hydrogen-bond acceptors (Lipinski definition) is 3. The summed E-state index contributed by atoms with van der Waals surface area (Å²) < 4.78 is 5.41. The van der Waals surface area contributed by atoms with Gasteiger partial charge >= 0.3 is 0 Å². The Balaban J connectivity index is 2.07. The van der Waals surface area contributed by atoms with E-state index in [1.165, 1.54) is 0 Å². The third kappa shape index (κ3) is 2.37. The van der Waals surface area contributed by atoms with Gasteiger partial charge in [0.1, 0.15) is 0 Å². The summed E-state index contributed by atoms with van der Waals surface area (Å²) in [7, 11) is 0. The van der Waals surface area contributed by atoms with Crippen molar-refractivity contribution in [3.05, 3.63) is 12.8 Å². The van der Waals surface area contributed by atoms with Gasteiger partial charge in [0, 0.05) is 19.6 Å². The van der Waals surface area contributed by atoms with Crippen molar-refractivity contribution in [1.29, 1.82) is 0 Å². The van der Waals surface area contributed by atoms with Crippen LogP contribution < -0.4 is 10.6 Å². The summed E-state index contributed by atoms with van der Waals surface area (Å²) in [6.45, 7) is 7.16. The van der Waals surface area contributed by atoms with E-state index < -0.39 is 0 Å². The van der Waals surface area contributed by atoms with Crippen LogP contribution in [-0.4, -0.2) is 32.3 Å². The van der Waals surface area contributed by atoms with Gasteiger partial charge < -0.3 is 15.4 Å². The molecule has 3 heteroatoms. The molecule has 0 bridgehead atoms. The van der Waals surface area contributed by atoms with Crippen molar-refractivity contribution < 1.29 is 4.74 Å². The summed E-state index contributed by atoms with van der Waals surface area (Å²) in [5.74, 6) is 0. The second-order valence-electron chi connectivity index (χ2n) is 2.31. The Labute approximate surface area is 61.4 Å². The Morgan fingerprint density at radius 2 is 2.70 bits per heavy atom. The van der Waals surface area contributed by atoms with Gasteiger partial charge in [0.15, 0.2) is 0 Å². The maximum Gasteiger partial charge on any atom is 0.0871 e. The molecule has 1 aliphatic rings. The molecule has 0 aromatic carbocycles. The molecule has 1 unspecified atom stereocenters. The maximum absolute atomic E-state index is 5.41. The lowest BCUT2D eigenvalue weighted by Crippen LogP contribution is -2.42. The molecule has 1 saturated heterocycles. The highest BCUT2D eigenvalue weighted by Crippen LogP contribution is 1.92. The van der Waals surface area contributed by atoms with Crippen LogP contribution in [0, 0.1) is 0 Å². The molecule has 0 aromatic rings. The highest BCUT2D eigenvalue weighted by atomic mass is 16.5. The summed E-state index contributed by atoms with van der Waals surface area (Å²) in [5, 5.41) is 6.26.